The molecule has 1 aromatic heterocycles. The van der Waals surface area contributed by atoms with E-state index >= 15 is 0 Å². The van der Waals surface area contributed by atoms with Gasteiger partial charge in [0.05, 0.1) is 13.2 Å². The highest BCUT2D eigenvalue weighted by molar-refractivity contribution is 5.72. The Morgan fingerprint density at radius 3 is 1.66 bits per heavy atom. The van der Waals surface area contributed by atoms with Crippen molar-refractivity contribution in [1.82, 2.24) is 4.98 Å². The van der Waals surface area contributed by atoms with Gasteiger partial charge in [0.15, 0.2) is 0 Å². The SMILES string of the molecule is CCCCCOc1ccc(-c2c[nH]c(-c3ccc(OCCCCC)cc3)c2)cc1. The summed E-state index contributed by atoms with van der Waals surface area (Å²) < 4.78 is 11.6. The average molecular weight is 392 g/mol. The normalized spacial score (nSPS) is 10.8. The van der Waals surface area contributed by atoms with Gasteiger partial charge in [0.2, 0.25) is 0 Å². The molecule has 3 heteroatoms. The lowest BCUT2D eigenvalue weighted by Gasteiger charge is -2.06. The zero-order valence-corrected chi connectivity index (χ0v) is 17.7. The van der Waals surface area contributed by atoms with Gasteiger partial charge in [0, 0.05) is 11.9 Å². The van der Waals surface area contributed by atoms with E-state index in [0.717, 1.165) is 48.8 Å². The Balaban J connectivity index is 1.57. The molecule has 3 rings (SSSR count). The Labute approximate surface area is 175 Å². The summed E-state index contributed by atoms with van der Waals surface area (Å²) in [5.41, 5.74) is 4.63. The van der Waals surface area contributed by atoms with Crippen LogP contribution >= 0.6 is 0 Å². The quantitative estimate of drug-likeness (QED) is 0.325. The molecule has 0 amide bonds. The Morgan fingerprint density at radius 2 is 1.14 bits per heavy atom. The number of ether oxygens (including phenoxy) is 2. The van der Waals surface area contributed by atoms with Gasteiger partial charge in [-0.1, -0.05) is 51.7 Å². The summed E-state index contributed by atoms with van der Waals surface area (Å²) >= 11 is 0. The summed E-state index contributed by atoms with van der Waals surface area (Å²) in [6.45, 7) is 5.99. The fourth-order valence-electron chi connectivity index (χ4n) is 3.29. The number of rotatable bonds is 12. The molecular weight excluding hydrogens is 358 g/mol. The first-order valence-electron chi connectivity index (χ1n) is 10.9. The standard InChI is InChI=1S/C26H33NO2/c1-3-5-7-17-28-24-13-9-21(10-14-24)23-19-26(27-20-23)22-11-15-25(16-12-22)29-18-8-6-4-2/h9-16,19-20,27H,3-8,17-18H2,1-2H3. The highest BCUT2D eigenvalue weighted by Crippen LogP contribution is 2.28. The number of hydrogen-bond acceptors (Lipinski definition) is 2. The van der Waals surface area contributed by atoms with Gasteiger partial charge in [-0.15, -0.1) is 0 Å². The van der Waals surface area contributed by atoms with E-state index in [0.29, 0.717) is 0 Å². The highest BCUT2D eigenvalue weighted by Gasteiger charge is 2.05. The van der Waals surface area contributed by atoms with Crippen LogP contribution in [0.4, 0.5) is 0 Å². The van der Waals surface area contributed by atoms with Crippen molar-refractivity contribution >= 4 is 0 Å². The van der Waals surface area contributed by atoms with Gasteiger partial charge in [-0.3, -0.25) is 0 Å². The molecule has 0 saturated heterocycles. The van der Waals surface area contributed by atoms with E-state index in [-0.39, 0.29) is 0 Å². The van der Waals surface area contributed by atoms with Crippen molar-refractivity contribution in [3.05, 3.63) is 60.8 Å². The molecule has 0 fully saturated rings. The van der Waals surface area contributed by atoms with E-state index in [9.17, 15) is 0 Å². The summed E-state index contributed by atoms with van der Waals surface area (Å²) in [6.07, 6.45) is 9.15. The molecule has 1 heterocycles. The topological polar surface area (TPSA) is 34.2 Å². The molecule has 154 valence electrons. The van der Waals surface area contributed by atoms with Crippen molar-refractivity contribution in [2.75, 3.05) is 13.2 Å². The fourth-order valence-corrected chi connectivity index (χ4v) is 3.29. The van der Waals surface area contributed by atoms with Crippen LogP contribution in [-0.4, -0.2) is 18.2 Å². The van der Waals surface area contributed by atoms with Crippen LogP contribution in [0, 0.1) is 0 Å². The maximum absolute atomic E-state index is 5.81. The Hall–Kier alpha value is -2.68. The molecule has 0 saturated carbocycles. The second-order valence-electron chi connectivity index (χ2n) is 7.46. The Bertz CT molecular complexity index is 764. The van der Waals surface area contributed by atoms with Crippen molar-refractivity contribution < 1.29 is 9.47 Å². The first-order valence-corrected chi connectivity index (χ1v) is 10.9. The largest absolute Gasteiger partial charge is 0.494 e. The third kappa shape index (κ3) is 6.42. The summed E-state index contributed by atoms with van der Waals surface area (Å²) in [4.78, 5) is 3.39. The third-order valence-corrected chi connectivity index (χ3v) is 5.07. The smallest absolute Gasteiger partial charge is 0.119 e. The summed E-state index contributed by atoms with van der Waals surface area (Å²) in [7, 11) is 0. The van der Waals surface area contributed by atoms with Crippen LogP contribution in [0.15, 0.2) is 60.8 Å². The first-order chi connectivity index (χ1) is 14.3. The number of aromatic amines is 1. The third-order valence-electron chi connectivity index (χ3n) is 5.07. The van der Waals surface area contributed by atoms with Crippen LogP contribution < -0.4 is 9.47 Å². The molecule has 0 aliphatic carbocycles. The number of benzene rings is 2. The molecule has 3 nitrogen and oxygen atoms in total. The van der Waals surface area contributed by atoms with Crippen LogP contribution in [0.25, 0.3) is 22.4 Å². The Morgan fingerprint density at radius 1 is 0.621 bits per heavy atom. The zero-order valence-electron chi connectivity index (χ0n) is 17.7. The van der Waals surface area contributed by atoms with E-state index in [1.807, 2.05) is 12.1 Å². The minimum absolute atomic E-state index is 0.790. The van der Waals surface area contributed by atoms with Crippen LogP contribution in [0.3, 0.4) is 0 Å². The predicted molar refractivity (Wildman–Crippen MR) is 122 cm³/mol. The number of nitrogens with one attached hydrogen (secondary N) is 1. The van der Waals surface area contributed by atoms with Crippen LogP contribution in [0.5, 0.6) is 11.5 Å². The molecule has 0 aliphatic rings. The van der Waals surface area contributed by atoms with Gasteiger partial charge in [-0.05, 0) is 72.0 Å². The first kappa shape index (κ1) is 21.0. The molecule has 0 bridgehead atoms. The molecule has 2 aromatic carbocycles. The molecule has 0 radical (unpaired) electrons. The molecule has 3 aromatic rings. The molecule has 29 heavy (non-hydrogen) atoms. The zero-order chi connectivity index (χ0) is 20.3. The molecule has 1 N–H and O–H groups in total. The number of unbranched alkanes of at least 4 members (excludes halogenated alkanes) is 4. The van der Waals surface area contributed by atoms with Crippen LogP contribution in [0.2, 0.25) is 0 Å². The maximum atomic E-state index is 5.81. The second kappa shape index (κ2) is 11.4. The van der Waals surface area contributed by atoms with Crippen LogP contribution in [0.1, 0.15) is 52.4 Å². The molecule has 0 atom stereocenters. The van der Waals surface area contributed by atoms with E-state index in [4.69, 9.17) is 9.47 Å². The maximum Gasteiger partial charge on any atom is 0.119 e. The lowest BCUT2D eigenvalue weighted by atomic mass is 10.1. The molecule has 0 aliphatic heterocycles. The second-order valence-corrected chi connectivity index (χ2v) is 7.46. The van der Waals surface area contributed by atoms with E-state index < -0.39 is 0 Å². The highest BCUT2D eigenvalue weighted by atomic mass is 16.5. The predicted octanol–water partition coefficient (Wildman–Crippen LogP) is 7.49. The fraction of sp³-hybridized carbons (Fsp3) is 0.385. The van der Waals surface area contributed by atoms with Crippen molar-refractivity contribution in [1.29, 1.82) is 0 Å². The number of H-pyrrole nitrogens is 1. The molecule has 0 unspecified atom stereocenters. The summed E-state index contributed by atoms with van der Waals surface area (Å²) in [5.74, 6) is 1.88. The van der Waals surface area contributed by atoms with Crippen molar-refractivity contribution in [2.45, 2.75) is 52.4 Å². The number of hydrogen-bond donors (Lipinski definition) is 1. The van der Waals surface area contributed by atoms with Gasteiger partial charge >= 0.3 is 0 Å². The summed E-state index contributed by atoms with van der Waals surface area (Å²) in [6, 6.07) is 18.9. The van der Waals surface area contributed by atoms with E-state index in [1.54, 1.807) is 0 Å². The van der Waals surface area contributed by atoms with E-state index in [1.165, 1.54) is 36.8 Å². The van der Waals surface area contributed by atoms with Crippen molar-refractivity contribution in [3.8, 4) is 33.9 Å². The van der Waals surface area contributed by atoms with Gasteiger partial charge in [0.25, 0.3) is 0 Å². The molecule has 0 spiro atoms. The van der Waals surface area contributed by atoms with Crippen molar-refractivity contribution in [2.24, 2.45) is 0 Å². The Kier molecular flexibility index (Phi) is 8.24. The molecular formula is C26H33NO2. The lowest BCUT2D eigenvalue weighted by molar-refractivity contribution is 0.306. The minimum Gasteiger partial charge on any atom is -0.494 e. The van der Waals surface area contributed by atoms with Crippen molar-refractivity contribution in [3.63, 3.8) is 0 Å². The van der Waals surface area contributed by atoms with Gasteiger partial charge < -0.3 is 14.5 Å². The summed E-state index contributed by atoms with van der Waals surface area (Å²) in [5, 5.41) is 0. The van der Waals surface area contributed by atoms with Gasteiger partial charge in [0.1, 0.15) is 11.5 Å². The lowest BCUT2D eigenvalue weighted by Crippen LogP contribution is -1.96. The van der Waals surface area contributed by atoms with Gasteiger partial charge in [-0.25, -0.2) is 0 Å². The monoisotopic (exact) mass is 391 g/mol. The minimum atomic E-state index is 0.790. The van der Waals surface area contributed by atoms with E-state index in [2.05, 4.69) is 67.5 Å². The number of aromatic nitrogens is 1. The van der Waals surface area contributed by atoms with Gasteiger partial charge in [-0.2, -0.15) is 0 Å². The average Bonchev–Trinajstić information content (AvgIpc) is 3.25. The van der Waals surface area contributed by atoms with Crippen LogP contribution in [-0.2, 0) is 0 Å².